The average Bonchev–Trinajstić information content (AvgIpc) is 2.77. The SMILES string of the molecule is Cc1ncc(S(=O)(=O)NC2CCC(C(=O)O)CC2)[nH]1. The zero-order valence-corrected chi connectivity index (χ0v) is 11.4. The number of hydrogen-bond donors (Lipinski definition) is 3. The minimum Gasteiger partial charge on any atom is -0.481 e. The van der Waals surface area contributed by atoms with Crippen LogP contribution in [0.5, 0.6) is 0 Å². The number of imidazole rings is 1. The van der Waals surface area contributed by atoms with Crippen molar-refractivity contribution >= 4 is 16.0 Å². The van der Waals surface area contributed by atoms with Crippen LogP contribution >= 0.6 is 0 Å². The number of rotatable bonds is 4. The standard InChI is InChI=1S/C11H17N3O4S/c1-7-12-6-10(13-7)19(17,18)14-9-4-2-8(3-5-9)11(15)16/h6,8-9,14H,2-5H2,1H3,(H,12,13)(H,15,16). The quantitative estimate of drug-likeness (QED) is 0.752. The predicted octanol–water partition coefficient (Wildman–Crippen LogP) is 0.640. The van der Waals surface area contributed by atoms with E-state index in [9.17, 15) is 13.2 Å². The second kappa shape index (κ2) is 5.30. The van der Waals surface area contributed by atoms with E-state index in [0.717, 1.165) is 0 Å². The Bertz CT molecular complexity index is 558. The molecule has 1 aliphatic carbocycles. The van der Waals surface area contributed by atoms with E-state index >= 15 is 0 Å². The Labute approximate surface area is 111 Å². The molecule has 1 heterocycles. The summed E-state index contributed by atoms with van der Waals surface area (Å²) in [6, 6.07) is -0.204. The molecule has 0 atom stereocenters. The first-order valence-corrected chi connectivity index (χ1v) is 7.63. The molecule has 0 bridgehead atoms. The van der Waals surface area contributed by atoms with Crippen LogP contribution in [0.15, 0.2) is 11.2 Å². The highest BCUT2D eigenvalue weighted by Crippen LogP contribution is 2.25. The van der Waals surface area contributed by atoms with Crippen LogP contribution in [0.3, 0.4) is 0 Å². The third-order valence-electron chi connectivity index (χ3n) is 3.37. The van der Waals surface area contributed by atoms with Crippen molar-refractivity contribution in [2.75, 3.05) is 0 Å². The van der Waals surface area contributed by atoms with Crippen molar-refractivity contribution < 1.29 is 18.3 Å². The first-order chi connectivity index (χ1) is 8.88. The second-order valence-electron chi connectivity index (χ2n) is 4.84. The van der Waals surface area contributed by atoms with E-state index in [1.165, 1.54) is 6.20 Å². The molecular weight excluding hydrogens is 270 g/mol. The fourth-order valence-electron chi connectivity index (χ4n) is 2.28. The Balaban J connectivity index is 1.97. The van der Waals surface area contributed by atoms with Gasteiger partial charge in [0.05, 0.1) is 12.1 Å². The number of sulfonamides is 1. The molecule has 7 nitrogen and oxygen atoms in total. The second-order valence-corrected chi connectivity index (χ2v) is 6.52. The number of aromatic nitrogens is 2. The van der Waals surface area contributed by atoms with Crippen LogP contribution in [0.25, 0.3) is 0 Å². The summed E-state index contributed by atoms with van der Waals surface area (Å²) in [7, 11) is -3.59. The highest BCUT2D eigenvalue weighted by atomic mass is 32.2. The first-order valence-electron chi connectivity index (χ1n) is 6.15. The third-order valence-corrected chi connectivity index (χ3v) is 4.80. The van der Waals surface area contributed by atoms with E-state index in [0.29, 0.717) is 31.5 Å². The largest absolute Gasteiger partial charge is 0.481 e. The van der Waals surface area contributed by atoms with Crippen LogP contribution in [0.1, 0.15) is 31.5 Å². The van der Waals surface area contributed by atoms with Crippen molar-refractivity contribution in [1.82, 2.24) is 14.7 Å². The van der Waals surface area contributed by atoms with Crippen molar-refractivity contribution in [1.29, 1.82) is 0 Å². The Morgan fingerprint density at radius 1 is 1.42 bits per heavy atom. The van der Waals surface area contributed by atoms with Crippen molar-refractivity contribution in [3.05, 3.63) is 12.0 Å². The number of hydrogen-bond acceptors (Lipinski definition) is 4. The number of nitrogens with zero attached hydrogens (tertiary/aromatic N) is 1. The maximum absolute atomic E-state index is 12.0. The molecule has 1 aromatic rings. The van der Waals surface area contributed by atoms with Crippen molar-refractivity contribution in [3.63, 3.8) is 0 Å². The van der Waals surface area contributed by atoms with Gasteiger partial charge < -0.3 is 10.1 Å². The van der Waals surface area contributed by atoms with Gasteiger partial charge in [-0.1, -0.05) is 0 Å². The number of nitrogens with one attached hydrogen (secondary N) is 2. The van der Waals surface area contributed by atoms with Gasteiger partial charge in [0.2, 0.25) is 0 Å². The summed E-state index contributed by atoms with van der Waals surface area (Å²) in [5.41, 5.74) is 0. The monoisotopic (exact) mass is 287 g/mol. The number of carboxylic acid groups (broad SMARTS) is 1. The fraction of sp³-hybridized carbons (Fsp3) is 0.636. The molecule has 0 amide bonds. The lowest BCUT2D eigenvalue weighted by Crippen LogP contribution is -2.38. The van der Waals surface area contributed by atoms with Gasteiger partial charge in [-0.15, -0.1) is 0 Å². The molecule has 1 saturated carbocycles. The third kappa shape index (κ3) is 3.32. The Morgan fingerprint density at radius 2 is 2.05 bits per heavy atom. The van der Waals surface area contributed by atoms with Crippen LogP contribution in [-0.4, -0.2) is 35.5 Å². The lowest BCUT2D eigenvalue weighted by molar-refractivity contribution is -0.142. The number of carboxylic acids is 1. The van der Waals surface area contributed by atoms with E-state index in [4.69, 9.17) is 5.11 Å². The molecule has 0 saturated heterocycles. The molecule has 2 rings (SSSR count). The van der Waals surface area contributed by atoms with Gasteiger partial charge in [-0.25, -0.2) is 18.1 Å². The number of H-pyrrole nitrogens is 1. The van der Waals surface area contributed by atoms with E-state index in [1.807, 2.05) is 0 Å². The maximum Gasteiger partial charge on any atom is 0.306 e. The Hall–Kier alpha value is -1.41. The minimum atomic E-state index is -3.59. The fourth-order valence-corrected chi connectivity index (χ4v) is 3.55. The predicted molar refractivity (Wildman–Crippen MR) is 67.0 cm³/mol. The lowest BCUT2D eigenvalue weighted by Gasteiger charge is -2.26. The zero-order chi connectivity index (χ0) is 14.0. The van der Waals surface area contributed by atoms with E-state index in [2.05, 4.69) is 14.7 Å². The van der Waals surface area contributed by atoms with Crippen molar-refractivity contribution in [2.24, 2.45) is 5.92 Å². The zero-order valence-electron chi connectivity index (χ0n) is 10.6. The molecule has 0 unspecified atom stereocenters. The molecule has 1 aliphatic rings. The summed E-state index contributed by atoms with van der Waals surface area (Å²) in [5.74, 6) is -0.615. The highest BCUT2D eigenvalue weighted by Gasteiger charge is 2.29. The Kier molecular flexibility index (Phi) is 3.91. The smallest absolute Gasteiger partial charge is 0.306 e. The van der Waals surface area contributed by atoms with Crippen molar-refractivity contribution in [2.45, 2.75) is 43.7 Å². The molecule has 1 aromatic heterocycles. The normalized spacial score (nSPS) is 24.3. The molecule has 0 aliphatic heterocycles. The summed E-state index contributed by atoms with van der Waals surface area (Å²) in [6.45, 7) is 1.68. The molecule has 0 radical (unpaired) electrons. The summed E-state index contributed by atoms with van der Waals surface area (Å²) >= 11 is 0. The van der Waals surface area contributed by atoms with Gasteiger partial charge in [-0.3, -0.25) is 4.79 Å². The van der Waals surface area contributed by atoms with Gasteiger partial charge in [-0.2, -0.15) is 0 Å². The van der Waals surface area contributed by atoms with Crippen LogP contribution in [0.2, 0.25) is 0 Å². The van der Waals surface area contributed by atoms with Crippen molar-refractivity contribution in [3.8, 4) is 0 Å². The molecule has 19 heavy (non-hydrogen) atoms. The van der Waals surface area contributed by atoms with Crippen LogP contribution < -0.4 is 4.72 Å². The minimum absolute atomic E-state index is 0.0466. The average molecular weight is 287 g/mol. The summed E-state index contributed by atoms with van der Waals surface area (Å²) in [5, 5.41) is 8.93. The van der Waals surface area contributed by atoms with Gasteiger partial charge in [0.25, 0.3) is 10.0 Å². The molecule has 0 aromatic carbocycles. The number of aryl methyl sites for hydroxylation is 1. The molecule has 106 valence electrons. The highest BCUT2D eigenvalue weighted by molar-refractivity contribution is 7.89. The summed E-state index contributed by atoms with van der Waals surface area (Å²) < 4.78 is 26.7. The summed E-state index contributed by atoms with van der Waals surface area (Å²) in [6.07, 6.45) is 3.38. The van der Waals surface area contributed by atoms with E-state index in [1.54, 1.807) is 6.92 Å². The number of aliphatic carboxylic acids is 1. The van der Waals surface area contributed by atoms with Crippen LogP contribution in [0.4, 0.5) is 0 Å². The number of carbonyl (C=O) groups is 1. The van der Waals surface area contributed by atoms with E-state index in [-0.39, 0.29) is 17.0 Å². The molecule has 3 N–H and O–H groups in total. The number of aromatic amines is 1. The molecule has 1 fully saturated rings. The Morgan fingerprint density at radius 3 is 2.53 bits per heavy atom. The summed E-state index contributed by atoms with van der Waals surface area (Å²) in [4.78, 5) is 17.4. The van der Waals surface area contributed by atoms with Gasteiger partial charge in [0.15, 0.2) is 5.03 Å². The van der Waals surface area contributed by atoms with Gasteiger partial charge in [-0.05, 0) is 32.6 Å². The molecule has 8 heteroatoms. The molecule has 0 spiro atoms. The van der Waals surface area contributed by atoms with E-state index < -0.39 is 16.0 Å². The van der Waals surface area contributed by atoms with Gasteiger partial charge in [0, 0.05) is 6.04 Å². The topological polar surface area (TPSA) is 112 Å². The van der Waals surface area contributed by atoms with Crippen LogP contribution in [0, 0.1) is 12.8 Å². The van der Waals surface area contributed by atoms with Crippen LogP contribution in [-0.2, 0) is 14.8 Å². The maximum atomic E-state index is 12.0. The molecular formula is C11H17N3O4S. The lowest BCUT2D eigenvalue weighted by atomic mass is 9.87. The van der Waals surface area contributed by atoms with Gasteiger partial charge in [0.1, 0.15) is 5.82 Å². The van der Waals surface area contributed by atoms with Gasteiger partial charge >= 0.3 is 5.97 Å². The first kappa shape index (κ1) is 14.0.